The summed E-state index contributed by atoms with van der Waals surface area (Å²) in [5.74, 6) is 0.324. The number of benzene rings is 1. The Bertz CT molecular complexity index is 427. The van der Waals surface area contributed by atoms with E-state index in [-0.39, 0.29) is 24.5 Å². The minimum Gasteiger partial charge on any atom is -0.396 e. The zero-order valence-corrected chi connectivity index (χ0v) is 12.1. The van der Waals surface area contributed by atoms with Gasteiger partial charge < -0.3 is 10.8 Å². The Morgan fingerprint density at radius 3 is 2.85 bits per heavy atom. The lowest BCUT2D eigenvalue weighted by atomic mass is 9.96. The van der Waals surface area contributed by atoms with Gasteiger partial charge in [-0.2, -0.15) is 0 Å². The average Bonchev–Trinajstić information content (AvgIpc) is 2.90. The number of rotatable bonds is 6. The highest BCUT2D eigenvalue weighted by atomic mass is 19.1. The van der Waals surface area contributed by atoms with Crippen molar-refractivity contribution in [1.82, 2.24) is 4.90 Å². The first kappa shape index (κ1) is 15.4. The second-order valence-corrected chi connectivity index (χ2v) is 5.70. The maximum absolute atomic E-state index is 14.1. The van der Waals surface area contributed by atoms with Crippen LogP contribution in [0.4, 0.5) is 4.39 Å². The Balaban J connectivity index is 2.19. The number of hydrogen-bond acceptors (Lipinski definition) is 3. The monoisotopic (exact) mass is 280 g/mol. The van der Waals surface area contributed by atoms with Gasteiger partial charge in [0.2, 0.25) is 0 Å². The van der Waals surface area contributed by atoms with Crippen molar-refractivity contribution in [1.29, 1.82) is 0 Å². The van der Waals surface area contributed by atoms with E-state index in [0.717, 1.165) is 32.4 Å². The average molecular weight is 280 g/mol. The fourth-order valence-corrected chi connectivity index (χ4v) is 3.17. The SMILES string of the molecule is CCC(N)C(c1ccccc1F)N1CCC(CCO)C1. The molecule has 0 radical (unpaired) electrons. The maximum atomic E-state index is 14.1. The molecule has 0 aromatic heterocycles. The van der Waals surface area contributed by atoms with E-state index in [9.17, 15) is 4.39 Å². The summed E-state index contributed by atoms with van der Waals surface area (Å²) in [5.41, 5.74) is 6.96. The van der Waals surface area contributed by atoms with Gasteiger partial charge in [0.05, 0.1) is 6.04 Å². The van der Waals surface area contributed by atoms with E-state index in [1.165, 1.54) is 6.07 Å². The highest BCUT2D eigenvalue weighted by molar-refractivity contribution is 5.23. The molecule has 3 atom stereocenters. The lowest BCUT2D eigenvalue weighted by molar-refractivity contribution is 0.190. The summed E-state index contributed by atoms with van der Waals surface area (Å²) in [4.78, 5) is 2.28. The van der Waals surface area contributed by atoms with Crippen LogP contribution >= 0.6 is 0 Å². The van der Waals surface area contributed by atoms with Crippen molar-refractivity contribution < 1.29 is 9.50 Å². The molecule has 1 aromatic rings. The molecule has 1 aliphatic heterocycles. The quantitative estimate of drug-likeness (QED) is 0.840. The van der Waals surface area contributed by atoms with E-state index in [2.05, 4.69) is 4.90 Å². The minimum absolute atomic E-state index is 0.0649. The predicted octanol–water partition coefficient (Wildman–Crippen LogP) is 2.31. The predicted molar refractivity (Wildman–Crippen MR) is 78.8 cm³/mol. The summed E-state index contributed by atoms with van der Waals surface area (Å²) in [7, 11) is 0. The van der Waals surface area contributed by atoms with Crippen molar-refractivity contribution >= 4 is 0 Å². The van der Waals surface area contributed by atoms with Gasteiger partial charge in [0.15, 0.2) is 0 Å². The van der Waals surface area contributed by atoms with Gasteiger partial charge in [-0.05, 0) is 37.8 Å². The van der Waals surface area contributed by atoms with Crippen molar-refractivity contribution in [3.8, 4) is 0 Å². The van der Waals surface area contributed by atoms with Gasteiger partial charge in [-0.1, -0.05) is 25.1 Å². The second-order valence-electron chi connectivity index (χ2n) is 5.70. The molecule has 1 saturated heterocycles. The number of nitrogens with two attached hydrogens (primary N) is 1. The molecule has 0 spiro atoms. The molecule has 1 aliphatic rings. The number of hydrogen-bond donors (Lipinski definition) is 2. The van der Waals surface area contributed by atoms with Crippen LogP contribution in [0.3, 0.4) is 0 Å². The second kappa shape index (κ2) is 7.16. The van der Waals surface area contributed by atoms with Crippen LogP contribution < -0.4 is 5.73 Å². The number of nitrogens with zero attached hydrogens (tertiary/aromatic N) is 1. The molecule has 20 heavy (non-hydrogen) atoms. The summed E-state index contributed by atoms with van der Waals surface area (Å²) >= 11 is 0. The third-order valence-corrected chi connectivity index (χ3v) is 4.35. The van der Waals surface area contributed by atoms with Gasteiger partial charge in [0.25, 0.3) is 0 Å². The first-order chi connectivity index (χ1) is 9.67. The minimum atomic E-state index is -0.174. The molecule has 0 aliphatic carbocycles. The van der Waals surface area contributed by atoms with Crippen LogP contribution in [0.1, 0.15) is 37.8 Å². The molecule has 0 saturated carbocycles. The van der Waals surface area contributed by atoms with E-state index in [1.54, 1.807) is 6.07 Å². The molecule has 3 unspecified atom stereocenters. The zero-order chi connectivity index (χ0) is 14.5. The van der Waals surface area contributed by atoms with Crippen LogP contribution in [-0.2, 0) is 0 Å². The van der Waals surface area contributed by atoms with Crippen LogP contribution in [0.25, 0.3) is 0 Å². The molecule has 1 fully saturated rings. The molecule has 3 N–H and O–H groups in total. The maximum Gasteiger partial charge on any atom is 0.128 e. The lowest BCUT2D eigenvalue weighted by Crippen LogP contribution is -2.40. The third kappa shape index (κ3) is 3.37. The van der Waals surface area contributed by atoms with Crippen molar-refractivity contribution in [2.45, 2.75) is 38.3 Å². The number of likely N-dealkylation sites (tertiary alicyclic amines) is 1. The van der Waals surface area contributed by atoms with Crippen LogP contribution in [-0.4, -0.2) is 35.7 Å². The first-order valence-electron chi connectivity index (χ1n) is 7.52. The third-order valence-electron chi connectivity index (χ3n) is 4.35. The van der Waals surface area contributed by atoms with Crippen molar-refractivity contribution in [2.24, 2.45) is 11.7 Å². The number of aliphatic hydroxyl groups excluding tert-OH is 1. The van der Waals surface area contributed by atoms with Gasteiger partial charge in [-0.25, -0.2) is 4.39 Å². The Kier molecular flexibility index (Phi) is 5.52. The zero-order valence-electron chi connectivity index (χ0n) is 12.1. The fourth-order valence-electron chi connectivity index (χ4n) is 3.17. The molecular weight excluding hydrogens is 255 g/mol. The van der Waals surface area contributed by atoms with Crippen molar-refractivity contribution in [3.63, 3.8) is 0 Å². The fraction of sp³-hybridized carbons (Fsp3) is 0.625. The number of aliphatic hydroxyl groups is 1. The summed E-state index contributed by atoms with van der Waals surface area (Å²) < 4.78 is 14.1. The van der Waals surface area contributed by atoms with Gasteiger partial charge in [0.1, 0.15) is 5.82 Å². The van der Waals surface area contributed by atoms with Crippen LogP contribution in [0.15, 0.2) is 24.3 Å². The summed E-state index contributed by atoms with van der Waals surface area (Å²) in [6.45, 7) is 4.09. The highest BCUT2D eigenvalue weighted by Gasteiger charge is 2.33. The highest BCUT2D eigenvalue weighted by Crippen LogP contribution is 2.32. The number of halogens is 1. The largest absolute Gasteiger partial charge is 0.396 e. The van der Waals surface area contributed by atoms with Crippen LogP contribution in [0.2, 0.25) is 0 Å². The Labute approximate surface area is 120 Å². The normalized spacial score (nSPS) is 22.9. The molecule has 3 nitrogen and oxygen atoms in total. The van der Waals surface area contributed by atoms with Crippen molar-refractivity contribution in [2.75, 3.05) is 19.7 Å². The van der Waals surface area contributed by atoms with E-state index in [1.807, 2.05) is 19.1 Å². The molecule has 2 rings (SSSR count). The standard InChI is InChI=1S/C16H25FN2O/c1-2-15(18)16(13-5-3-4-6-14(13)17)19-9-7-12(11-19)8-10-20/h3-6,12,15-16,20H,2,7-11,18H2,1H3. The van der Waals surface area contributed by atoms with Gasteiger partial charge in [-0.3, -0.25) is 4.90 Å². The Morgan fingerprint density at radius 2 is 2.20 bits per heavy atom. The molecule has 1 aromatic carbocycles. The lowest BCUT2D eigenvalue weighted by Gasteiger charge is -2.33. The van der Waals surface area contributed by atoms with Gasteiger partial charge >= 0.3 is 0 Å². The van der Waals surface area contributed by atoms with E-state index < -0.39 is 0 Å². The summed E-state index contributed by atoms with van der Waals surface area (Å²) in [6, 6.07) is 6.80. The van der Waals surface area contributed by atoms with E-state index in [4.69, 9.17) is 10.8 Å². The molecule has 4 heteroatoms. The molecule has 0 bridgehead atoms. The van der Waals surface area contributed by atoms with Crippen LogP contribution in [0, 0.1) is 11.7 Å². The van der Waals surface area contributed by atoms with Gasteiger partial charge in [-0.15, -0.1) is 0 Å². The summed E-state index contributed by atoms with van der Waals surface area (Å²) in [6.07, 6.45) is 2.70. The Morgan fingerprint density at radius 1 is 1.45 bits per heavy atom. The Hall–Kier alpha value is -0.970. The van der Waals surface area contributed by atoms with Crippen LogP contribution in [0.5, 0.6) is 0 Å². The molecule has 112 valence electrons. The summed E-state index contributed by atoms with van der Waals surface area (Å²) in [5, 5.41) is 9.06. The van der Waals surface area contributed by atoms with E-state index >= 15 is 0 Å². The molecule has 0 amide bonds. The molecular formula is C16H25FN2O. The molecule has 1 heterocycles. The smallest absolute Gasteiger partial charge is 0.128 e. The van der Waals surface area contributed by atoms with Gasteiger partial charge in [0, 0.05) is 24.8 Å². The van der Waals surface area contributed by atoms with E-state index in [0.29, 0.717) is 11.5 Å². The topological polar surface area (TPSA) is 49.5 Å². The first-order valence-corrected chi connectivity index (χ1v) is 7.52. The van der Waals surface area contributed by atoms with Crippen molar-refractivity contribution in [3.05, 3.63) is 35.6 Å².